The van der Waals surface area contributed by atoms with Crippen LogP contribution < -0.4 is 9.80 Å². The third-order valence-corrected chi connectivity index (χ3v) is 16.9. The van der Waals surface area contributed by atoms with Crippen LogP contribution in [0.3, 0.4) is 0 Å². The molecule has 0 N–H and O–H groups in total. The van der Waals surface area contributed by atoms with Crippen molar-refractivity contribution in [3.63, 3.8) is 0 Å². The predicted octanol–water partition coefficient (Wildman–Crippen LogP) is 22.4. The molecule has 0 spiro atoms. The molecule has 0 radical (unpaired) electrons. The molecule has 12 aromatic carbocycles. The van der Waals surface area contributed by atoms with E-state index in [1.165, 1.54) is 54.9 Å². The Morgan fingerprint density at radius 3 is 1.09 bits per heavy atom. The van der Waals surface area contributed by atoms with Gasteiger partial charge >= 0.3 is 0 Å². The Bertz CT molecular complexity index is 4430. The second kappa shape index (κ2) is 18.8. The zero-order chi connectivity index (χ0) is 54.6. The Balaban J connectivity index is 1.02. The Kier molecular flexibility index (Phi) is 11.5. The number of para-hydroxylation sites is 4. The lowest BCUT2D eigenvalue weighted by Gasteiger charge is -2.30. The van der Waals surface area contributed by atoms with Crippen molar-refractivity contribution in [3.05, 3.63) is 241 Å². The summed E-state index contributed by atoms with van der Waals surface area (Å²) in [5, 5.41) is 11.5. The van der Waals surface area contributed by atoms with Crippen LogP contribution in [0.1, 0.15) is 77.6 Å². The first-order valence-electron chi connectivity index (χ1n) is 28.4. The molecule has 0 fully saturated rings. The monoisotopic (exact) mass is 1040 g/mol. The summed E-state index contributed by atoms with van der Waals surface area (Å²) in [6.45, 7) is 18.2. The van der Waals surface area contributed by atoms with Gasteiger partial charge in [-0.05, 0) is 127 Å². The van der Waals surface area contributed by atoms with Crippen molar-refractivity contribution in [3.8, 4) is 22.3 Å². The summed E-state index contributed by atoms with van der Waals surface area (Å²) in [7, 11) is 0. The van der Waals surface area contributed by atoms with E-state index in [-0.39, 0.29) is 10.8 Å². The SMILES string of the molecule is CCc1ccccc1-c1cccc2c1oc1c(N(c3cccc(C(C)(C)C)c3)c3ccc4ccc5c(N(c6cccc(C(C)(C)C)c6)c6cccc7c6oc6c(-c8ccccc8CC)cccc67)ccc6ccc3c4c65)cccc12. The number of aryl methyl sites for hydroxylation is 2. The average Bonchev–Trinajstić information content (AvgIpc) is 4.02. The van der Waals surface area contributed by atoms with E-state index in [1.54, 1.807) is 0 Å². The highest BCUT2D eigenvalue weighted by molar-refractivity contribution is 6.29. The van der Waals surface area contributed by atoms with E-state index in [1.807, 2.05) is 0 Å². The maximum Gasteiger partial charge on any atom is 0.159 e. The van der Waals surface area contributed by atoms with Gasteiger partial charge in [-0.25, -0.2) is 0 Å². The van der Waals surface area contributed by atoms with Gasteiger partial charge in [0.05, 0.1) is 22.7 Å². The molecule has 0 bridgehead atoms. The van der Waals surface area contributed by atoms with E-state index in [2.05, 4.69) is 284 Å². The Morgan fingerprint density at radius 1 is 0.312 bits per heavy atom. The summed E-state index contributed by atoms with van der Waals surface area (Å²) in [4.78, 5) is 4.90. The van der Waals surface area contributed by atoms with E-state index >= 15 is 0 Å². The van der Waals surface area contributed by atoms with Crippen LogP contribution >= 0.6 is 0 Å². The second-order valence-electron chi connectivity index (χ2n) is 23.8. The molecule has 14 rings (SSSR count). The maximum atomic E-state index is 7.30. The largest absolute Gasteiger partial charge is 0.453 e. The highest BCUT2D eigenvalue weighted by atomic mass is 16.3. The fourth-order valence-corrected chi connectivity index (χ4v) is 12.8. The molecule has 2 aromatic heterocycles. The topological polar surface area (TPSA) is 32.8 Å². The zero-order valence-corrected chi connectivity index (χ0v) is 46.9. The molecule has 0 atom stereocenters. The lowest BCUT2D eigenvalue weighted by molar-refractivity contribution is 0.590. The quantitative estimate of drug-likeness (QED) is 0.128. The van der Waals surface area contributed by atoms with Crippen LogP contribution in [0, 0.1) is 0 Å². The van der Waals surface area contributed by atoms with Crippen molar-refractivity contribution in [2.45, 2.75) is 79.1 Å². The lowest BCUT2D eigenvalue weighted by Crippen LogP contribution is -2.15. The number of hydrogen-bond donors (Lipinski definition) is 0. The molecule has 14 aromatic rings. The third kappa shape index (κ3) is 7.87. The Morgan fingerprint density at radius 2 is 0.675 bits per heavy atom. The number of benzene rings is 12. The summed E-state index contributed by atoms with van der Waals surface area (Å²) < 4.78 is 14.6. The highest BCUT2D eigenvalue weighted by Crippen LogP contribution is 2.52. The van der Waals surface area contributed by atoms with Crippen molar-refractivity contribution in [1.29, 1.82) is 0 Å². The first-order valence-corrected chi connectivity index (χ1v) is 28.4. The maximum absolute atomic E-state index is 7.30. The number of rotatable bonds is 10. The fraction of sp³-hybridized carbons (Fsp3) is 0.158. The molecule has 0 saturated heterocycles. The average molecular weight is 1040 g/mol. The van der Waals surface area contributed by atoms with E-state index < -0.39 is 0 Å². The minimum Gasteiger partial charge on any atom is -0.453 e. The molecule has 390 valence electrons. The summed E-state index contributed by atoms with van der Waals surface area (Å²) in [6.07, 6.45) is 1.86. The van der Waals surface area contributed by atoms with Crippen molar-refractivity contribution in [2.24, 2.45) is 0 Å². The molecule has 80 heavy (non-hydrogen) atoms. The molecular weight excluding hydrogens is 973 g/mol. The van der Waals surface area contributed by atoms with Crippen LogP contribution in [-0.2, 0) is 23.7 Å². The lowest BCUT2D eigenvalue weighted by atomic mass is 9.86. The van der Waals surface area contributed by atoms with E-state index in [0.29, 0.717) is 0 Å². The van der Waals surface area contributed by atoms with E-state index in [9.17, 15) is 0 Å². The smallest absolute Gasteiger partial charge is 0.159 e. The van der Waals surface area contributed by atoms with Crippen LogP contribution in [0.4, 0.5) is 34.1 Å². The van der Waals surface area contributed by atoms with Gasteiger partial charge in [0.1, 0.15) is 11.2 Å². The van der Waals surface area contributed by atoms with Gasteiger partial charge in [-0.15, -0.1) is 0 Å². The number of furan rings is 2. The van der Waals surface area contributed by atoms with Gasteiger partial charge < -0.3 is 18.6 Å². The van der Waals surface area contributed by atoms with Gasteiger partial charge in [0.2, 0.25) is 0 Å². The van der Waals surface area contributed by atoms with Gasteiger partial charge in [-0.3, -0.25) is 0 Å². The van der Waals surface area contributed by atoms with Crippen LogP contribution in [0.15, 0.2) is 227 Å². The predicted molar refractivity (Wildman–Crippen MR) is 341 cm³/mol. The van der Waals surface area contributed by atoms with Gasteiger partial charge in [0.15, 0.2) is 11.2 Å². The third-order valence-electron chi connectivity index (χ3n) is 16.9. The van der Waals surface area contributed by atoms with E-state index in [4.69, 9.17) is 8.83 Å². The molecule has 0 saturated carbocycles. The molecule has 0 amide bonds. The van der Waals surface area contributed by atoms with Crippen molar-refractivity contribution < 1.29 is 8.83 Å². The molecule has 0 unspecified atom stereocenters. The van der Waals surface area contributed by atoms with Gasteiger partial charge in [-0.2, -0.15) is 0 Å². The van der Waals surface area contributed by atoms with E-state index in [0.717, 1.165) is 113 Å². The standard InChI is InChI=1S/C76H64N2O2/c1-9-47-21-11-13-27-55(47)57-29-17-31-59-61-33-19-35-67(73(61)79-71(57)59)77(53-25-15-23-51(45-53)75(3,4)5)65-43-39-49-38-42-64-66(44-40-50-37-41-63(65)69(49)70(50)64)78(54-26-16-24-52(46-54)76(6,7)8)68-36-20-34-62-60-32-18-30-58(72(60)80-74(62)68)56-28-14-12-22-48(56)10-2/h11-46H,9-10H2,1-8H3. The summed E-state index contributed by atoms with van der Waals surface area (Å²) in [5.41, 5.74) is 19.4. The Labute approximate surface area is 468 Å². The highest BCUT2D eigenvalue weighted by Gasteiger charge is 2.28. The minimum absolute atomic E-state index is 0.0819. The van der Waals surface area contributed by atoms with Gasteiger partial charge in [0, 0.05) is 54.8 Å². The number of fused-ring (bicyclic) bond motifs is 6. The first-order chi connectivity index (χ1) is 38.9. The van der Waals surface area contributed by atoms with Crippen molar-refractivity contribution in [2.75, 3.05) is 9.80 Å². The molecule has 0 aliphatic heterocycles. The summed E-state index contributed by atoms with van der Waals surface area (Å²) >= 11 is 0. The summed E-state index contributed by atoms with van der Waals surface area (Å²) in [5.74, 6) is 0. The minimum atomic E-state index is -0.0819. The molecule has 4 nitrogen and oxygen atoms in total. The van der Waals surface area contributed by atoms with Crippen LogP contribution in [0.2, 0.25) is 0 Å². The summed E-state index contributed by atoms with van der Waals surface area (Å²) in [6, 6.07) is 80.7. The van der Waals surface area contributed by atoms with Crippen molar-refractivity contribution >= 4 is 110 Å². The van der Waals surface area contributed by atoms with Gasteiger partial charge in [0.25, 0.3) is 0 Å². The molecule has 0 aliphatic carbocycles. The molecule has 4 heteroatoms. The number of nitrogens with zero attached hydrogens (tertiary/aromatic N) is 2. The Hall–Kier alpha value is -9.12. The second-order valence-corrected chi connectivity index (χ2v) is 23.8. The van der Waals surface area contributed by atoms with Crippen molar-refractivity contribution in [1.82, 2.24) is 0 Å². The molecule has 2 heterocycles. The zero-order valence-electron chi connectivity index (χ0n) is 46.9. The number of anilines is 6. The fourth-order valence-electron chi connectivity index (χ4n) is 12.8. The number of hydrogen-bond acceptors (Lipinski definition) is 4. The van der Waals surface area contributed by atoms with Crippen LogP contribution in [-0.4, -0.2) is 0 Å². The molecule has 0 aliphatic rings. The van der Waals surface area contributed by atoms with Gasteiger partial charge in [-0.1, -0.05) is 225 Å². The van der Waals surface area contributed by atoms with Crippen LogP contribution in [0.25, 0.3) is 98.4 Å². The normalized spacial score (nSPS) is 12.3. The van der Waals surface area contributed by atoms with Crippen LogP contribution in [0.5, 0.6) is 0 Å². The molecular formula is C76H64N2O2. The first kappa shape index (κ1) is 49.2.